The zero-order valence-electron chi connectivity index (χ0n) is 14.0. The first-order valence-corrected chi connectivity index (χ1v) is 8.74. The van der Waals surface area contributed by atoms with Crippen LogP contribution >= 0.6 is 22.9 Å². The maximum Gasteiger partial charge on any atom is 0.413 e. The monoisotopic (exact) mass is 369 g/mol. The van der Waals surface area contributed by atoms with Crippen LogP contribution in [0.2, 0.25) is 5.02 Å². The quantitative estimate of drug-likeness (QED) is 0.788. The minimum absolute atomic E-state index is 0.275. The van der Waals surface area contributed by atoms with Crippen LogP contribution in [0.25, 0.3) is 0 Å². The number of ether oxygens (including phenoxy) is 2. The number of hydrogen-bond donors (Lipinski definition) is 1. The molecule has 0 aliphatic heterocycles. The van der Waals surface area contributed by atoms with Gasteiger partial charge in [-0.05, 0) is 43.5 Å². The Bertz CT molecular complexity index is 706. The van der Waals surface area contributed by atoms with Crippen molar-refractivity contribution in [3.05, 3.63) is 33.8 Å². The number of halogens is 1. The molecule has 2 rings (SSSR count). The Morgan fingerprint density at radius 2 is 2.08 bits per heavy atom. The third-order valence-electron chi connectivity index (χ3n) is 2.99. The number of aromatic nitrogens is 2. The summed E-state index contributed by atoms with van der Waals surface area (Å²) in [5, 5.41) is 12.3. The average Bonchev–Trinajstić information content (AvgIpc) is 2.96. The lowest BCUT2D eigenvalue weighted by molar-refractivity contribution is 0.147. The number of anilines is 1. The molecule has 0 fully saturated rings. The highest BCUT2D eigenvalue weighted by molar-refractivity contribution is 7.15. The number of nitrogens with one attached hydrogen (secondary N) is 1. The molecule has 0 aliphatic rings. The molecule has 1 aromatic carbocycles. The number of carbonyl (C=O) groups is 1. The van der Waals surface area contributed by atoms with Crippen molar-refractivity contribution < 1.29 is 14.3 Å². The Kier molecular flexibility index (Phi) is 6.39. The van der Waals surface area contributed by atoms with E-state index in [1.807, 2.05) is 39.8 Å². The van der Waals surface area contributed by atoms with Gasteiger partial charge in [-0.2, -0.15) is 0 Å². The van der Waals surface area contributed by atoms with Crippen LogP contribution < -0.4 is 10.1 Å². The lowest BCUT2D eigenvalue weighted by atomic mass is 10.2. The van der Waals surface area contributed by atoms with Crippen molar-refractivity contribution in [2.24, 2.45) is 5.92 Å². The van der Waals surface area contributed by atoms with Crippen molar-refractivity contribution in [1.29, 1.82) is 0 Å². The van der Waals surface area contributed by atoms with Crippen molar-refractivity contribution in [3.8, 4) is 5.75 Å². The second-order valence-electron chi connectivity index (χ2n) is 5.73. The molecule has 1 N–H and O–H groups in total. The smallest absolute Gasteiger partial charge is 0.413 e. The second-order valence-corrected chi connectivity index (χ2v) is 7.18. The number of nitrogens with zero attached hydrogens (tertiary/aromatic N) is 2. The molecular formula is C16H20ClN3O3S. The first-order valence-electron chi connectivity index (χ1n) is 7.55. The van der Waals surface area contributed by atoms with Gasteiger partial charge in [-0.3, -0.25) is 5.32 Å². The second kappa shape index (κ2) is 8.30. The number of rotatable bonds is 6. The molecule has 0 bridgehead atoms. The molecule has 1 atom stereocenters. The normalized spacial score (nSPS) is 12.1. The number of benzene rings is 1. The topological polar surface area (TPSA) is 73.3 Å². The van der Waals surface area contributed by atoms with Gasteiger partial charge in [0, 0.05) is 5.02 Å². The number of carbonyl (C=O) groups excluding carboxylic acids is 1. The van der Waals surface area contributed by atoms with Crippen LogP contribution in [0, 0.1) is 12.8 Å². The molecule has 0 saturated heterocycles. The van der Waals surface area contributed by atoms with Crippen molar-refractivity contribution >= 4 is 34.2 Å². The molecule has 1 heterocycles. The lowest BCUT2D eigenvalue weighted by Crippen LogP contribution is -2.16. The van der Waals surface area contributed by atoms with Crippen LogP contribution in [-0.2, 0) is 4.74 Å². The maximum absolute atomic E-state index is 11.6. The minimum atomic E-state index is -0.534. The Balaban J connectivity index is 1.95. The summed E-state index contributed by atoms with van der Waals surface area (Å²) in [4.78, 5) is 11.6. The third kappa shape index (κ3) is 5.35. The van der Waals surface area contributed by atoms with E-state index in [1.165, 1.54) is 11.3 Å². The Morgan fingerprint density at radius 3 is 2.75 bits per heavy atom. The molecule has 0 saturated carbocycles. The molecule has 1 amide bonds. The van der Waals surface area contributed by atoms with Crippen molar-refractivity contribution in [2.45, 2.75) is 33.8 Å². The van der Waals surface area contributed by atoms with Gasteiger partial charge in [0.1, 0.15) is 11.9 Å². The van der Waals surface area contributed by atoms with Crippen molar-refractivity contribution in [2.75, 3.05) is 11.9 Å². The van der Waals surface area contributed by atoms with E-state index in [9.17, 15) is 4.79 Å². The van der Waals surface area contributed by atoms with E-state index >= 15 is 0 Å². The van der Waals surface area contributed by atoms with Gasteiger partial charge < -0.3 is 9.47 Å². The molecule has 1 aromatic heterocycles. The van der Waals surface area contributed by atoms with E-state index in [-0.39, 0.29) is 12.0 Å². The van der Waals surface area contributed by atoms with Crippen LogP contribution in [0.15, 0.2) is 18.2 Å². The van der Waals surface area contributed by atoms with Gasteiger partial charge in [0.05, 0.1) is 6.61 Å². The maximum atomic E-state index is 11.6. The molecule has 8 heteroatoms. The summed E-state index contributed by atoms with van der Waals surface area (Å²) < 4.78 is 10.9. The molecule has 1 unspecified atom stereocenters. The molecule has 6 nitrogen and oxygen atoms in total. The van der Waals surface area contributed by atoms with Gasteiger partial charge in [0.2, 0.25) is 5.13 Å². The Labute approximate surface area is 150 Å². The highest BCUT2D eigenvalue weighted by Gasteiger charge is 2.16. The van der Waals surface area contributed by atoms with Crippen LogP contribution in [0.4, 0.5) is 9.93 Å². The van der Waals surface area contributed by atoms with E-state index in [0.29, 0.717) is 21.8 Å². The third-order valence-corrected chi connectivity index (χ3v) is 4.22. The molecule has 0 radical (unpaired) electrons. The van der Waals surface area contributed by atoms with Crippen LogP contribution in [-0.4, -0.2) is 22.9 Å². The number of amides is 1. The summed E-state index contributed by atoms with van der Waals surface area (Å²) in [5.74, 6) is 1.00. The summed E-state index contributed by atoms with van der Waals surface area (Å²) in [6, 6.07) is 5.42. The van der Waals surface area contributed by atoms with E-state index in [0.717, 1.165) is 11.3 Å². The first-order chi connectivity index (χ1) is 11.3. The lowest BCUT2D eigenvalue weighted by Gasteiger charge is -2.13. The van der Waals surface area contributed by atoms with E-state index < -0.39 is 6.09 Å². The van der Waals surface area contributed by atoms with E-state index in [2.05, 4.69) is 15.5 Å². The van der Waals surface area contributed by atoms with Crippen LogP contribution in [0.1, 0.15) is 37.4 Å². The molecule has 0 aliphatic carbocycles. The zero-order valence-corrected chi connectivity index (χ0v) is 15.6. The van der Waals surface area contributed by atoms with Crippen molar-refractivity contribution in [3.63, 3.8) is 0 Å². The summed E-state index contributed by atoms with van der Waals surface area (Å²) in [7, 11) is 0. The number of aryl methyl sites for hydroxylation is 1. The Morgan fingerprint density at radius 1 is 1.33 bits per heavy atom. The van der Waals surface area contributed by atoms with Crippen molar-refractivity contribution in [1.82, 2.24) is 10.2 Å². The summed E-state index contributed by atoms with van der Waals surface area (Å²) in [5.41, 5.74) is 0.939. The predicted octanol–water partition coefficient (Wildman–Crippen LogP) is 4.84. The SMILES string of the molecule is Cc1cc(Cl)ccc1OC(C)c1nnc(NC(=O)OCC(C)C)s1. The minimum Gasteiger partial charge on any atom is -0.483 e. The summed E-state index contributed by atoms with van der Waals surface area (Å²) >= 11 is 7.19. The molecule has 0 spiro atoms. The Hall–Kier alpha value is -1.86. The molecule has 2 aromatic rings. The van der Waals surface area contributed by atoms with Gasteiger partial charge in [-0.25, -0.2) is 4.79 Å². The number of hydrogen-bond acceptors (Lipinski definition) is 6. The van der Waals surface area contributed by atoms with E-state index in [1.54, 1.807) is 6.07 Å². The van der Waals surface area contributed by atoms with Gasteiger partial charge in [-0.15, -0.1) is 10.2 Å². The van der Waals surface area contributed by atoms with Gasteiger partial charge in [0.25, 0.3) is 0 Å². The predicted molar refractivity (Wildman–Crippen MR) is 94.9 cm³/mol. The standard InChI is InChI=1S/C16H20ClN3O3S/c1-9(2)8-22-16(21)18-15-20-19-14(24-15)11(4)23-13-6-5-12(17)7-10(13)3/h5-7,9,11H,8H2,1-4H3,(H,18,20,21). The fourth-order valence-electron chi connectivity index (χ4n) is 1.80. The van der Waals surface area contributed by atoms with Gasteiger partial charge in [-0.1, -0.05) is 36.8 Å². The molecule has 24 heavy (non-hydrogen) atoms. The fourth-order valence-corrected chi connectivity index (χ4v) is 2.74. The first kappa shape index (κ1) is 18.5. The molecule has 130 valence electrons. The van der Waals surface area contributed by atoms with Gasteiger partial charge in [0.15, 0.2) is 5.01 Å². The van der Waals surface area contributed by atoms with E-state index in [4.69, 9.17) is 21.1 Å². The van der Waals surface area contributed by atoms with Crippen LogP contribution in [0.3, 0.4) is 0 Å². The highest BCUT2D eigenvalue weighted by Crippen LogP contribution is 2.29. The summed E-state index contributed by atoms with van der Waals surface area (Å²) in [6.07, 6.45) is -0.835. The fraction of sp³-hybridized carbons (Fsp3) is 0.438. The zero-order chi connectivity index (χ0) is 17.7. The van der Waals surface area contributed by atoms with Crippen LogP contribution in [0.5, 0.6) is 5.75 Å². The molecular weight excluding hydrogens is 350 g/mol. The summed E-state index contributed by atoms with van der Waals surface area (Å²) in [6.45, 7) is 8.08. The van der Waals surface area contributed by atoms with Gasteiger partial charge >= 0.3 is 6.09 Å². The average molecular weight is 370 g/mol. The largest absolute Gasteiger partial charge is 0.483 e. The highest BCUT2D eigenvalue weighted by atomic mass is 35.5.